The molecule has 148 valence electrons. The molecular formula is C21H22ClFN2O3. The predicted octanol–water partition coefficient (Wildman–Crippen LogP) is 3.82. The average Bonchev–Trinajstić information content (AvgIpc) is 3.05. The fourth-order valence-corrected chi connectivity index (χ4v) is 4.50. The molecule has 7 heteroatoms. The molecule has 1 amide bonds. The van der Waals surface area contributed by atoms with Gasteiger partial charge < -0.3 is 14.4 Å². The monoisotopic (exact) mass is 404 g/mol. The summed E-state index contributed by atoms with van der Waals surface area (Å²) in [6, 6.07) is 7.94. The Balaban J connectivity index is 1.55. The van der Waals surface area contributed by atoms with Gasteiger partial charge >= 0.3 is 0 Å². The Morgan fingerprint density at radius 2 is 2.04 bits per heavy atom. The van der Waals surface area contributed by atoms with Gasteiger partial charge in [0.2, 0.25) is 0 Å². The van der Waals surface area contributed by atoms with Gasteiger partial charge in [0.25, 0.3) is 5.91 Å². The lowest BCUT2D eigenvalue weighted by atomic mass is 9.72. The fourth-order valence-electron chi connectivity index (χ4n) is 4.25. The van der Waals surface area contributed by atoms with Gasteiger partial charge in [-0.3, -0.25) is 9.78 Å². The van der Waals surface area contributed by atoms with Crippen LogP contribution in [-0.2, 0) is 4.74 Å². The Morgan fingerprint density at radius 3 is 2.75 bits per heavy atom. The van der Waals surface area contributed by atoms with Crippen LogP contribution in [0.3, 0.4) is 0 Å². The standard InChI is InChI=1S/C21H22ClFN2O3/c22-17-2-1-3-18(23)19(17)20(26)25-12-15(13-28-16-4-8-24-9-5-16)21(14-25)6-10-27-11-7-21/h1-5,8-9,15H,6-7,10-14H2/t15-/m1/s1. The number of halogens is 2. The second kappa shape index (κ2) is 8.05. The molecule has 5 nitrogen and oxygen atoms in total. The molecule has 3 heterocycles. The number of benzene rings is 1. The molecule has 0 aliphatic carbocycles. The third-order valence-electron chi connectivity index (χ3n) is 5.87. The van der Waals surface area contributed by atoms with Gasteiger partial charge in [-0.1, -0.05) is 17.7 Å². The largest absolute Gasteiger partial charge is 0.493 e. The van der Waals surface area contributed by atoms with Crippen molar-refractivity contribution in [1.29, 1.82) is 0 Å². The van der Waals surface area contributed by atoms with E-state index in [0.29, 0.717) is 32.9 Å². The number of pyridine rings is 1. The highest BCUT2D eigenvalue weighted by molar-refractivity contribution is 6.33. The maximum atomic E-state index is 14.3. The smallest absolute Gasteiger partial charge is 0.258 e. The maximum Gasteiger partial charge on any atom is 0.258 e. The molecule has 1 aromatic heterocycles. The van der Waals surface area contributed by atoms with Gasteiger partial charge in [0.15, 0.2) is 0 Å². The first-order valence-corrected chi connectivity index (χ1v) is 9.81. The van der Waals surface area contributed by atoms with Crippen LogP contribution in [-0.4, -0.2) is 48.7 Å². The summed E-state index contributed by atoms with van der Waals surface area (Å²) in [6.45, 7) is 2.88. The molecule has 0 unspecified atom stereocenters. The Bertz CT molecular complexity index is 823. The normalized spacial score (nSPS) is 21.1. The number of rotatable bonds is 4. The minimum Gasteiger partial charge on any atom is -0.493 e. The van der Waals surface area contributed by atoms with E-state index in [-0.39, 0.29) is 27.8 Å². The zero-order valence-electron chi connectivity index (χ0n) is 15.4. The van der Waals surface area contributed by atoms with E-state index in [9.17, 15) is 9.18 Å². The van der Waals surface area contributed by atoms with Crippen molar-refractivity contribution in [2.45, 2.75) is 12.8 Å². The number of carbonyl (C=O) groups is 1. The fraction of sp³-hybridized carbons (Fsp3) is 0.429. The summed E-state index contributed by atoms with van der Waals surface area (Å²) in [4.78, 5) is 18.8. The number of hydrogen-bond acceptors (Lipinski definition) is 4. The third-order valence-corrected chi connectivity index (χ3v) is 6.18. The summed E-state index contributed by atoms with van der Waals surface area (Å²) < 4.78 is 25.8. The first-order valence-electron chi connectivity index (χ1n) is 9.43. The Labute approximate surface area is 168 Å². The van der Waals surface area contributed by atoms with Crippen molar-refractivity contribution in [2.24, 2.45) is 11.3 Å². The van der Waals surface area contributed by atoms with Crippen LogP contribution in [0.4, 0.5) is 4.39 Å². The number of amides is 1. The first-order chi connectivity index (χ1) is 13.6. The summed E-state index contributed by atoms with van der Waals surface area (Å²) in [5.41, 5.74) is -0.138. The van der Waals surface area contributed by atoms with Crippen LogP contribution < -0.4 is 4.74 Å². The third kappa shape index (κ3) is 3.71. The van der Waals surface area contributed by atoms with Crippen molar-refractivity contribution in [3.05, 3.63) is 59.1 Å². The lowest BCUT2D eigenvalue weighted by molar-refractivity contribution is -0.00910. The van der Waals surface area contributed by atoms with Crippen molar-refractivity contribution in [3.63, 3.8) is 0 Å². The number of hydrogen-bond donors (Lipinski definition) is 0. The van der Waals surface area contributed by atoms with Crippen LogP contribution in [0.1, 0.15) is 23.2 Å². The second-order valence-electron chi connectivity index (χ2n) is 7.45. The average molecular weight is 405 g/mol. The molecule has 0 radical (unpaired) electrons. The van der Waals surface area contributed by atoms with E-state index in [1.807, 2.05) is 12.1 Å². The molecule has 1 atom stereocenters. The lowest BCUT2D eigenvalue weighted by Crippen LogP contribution is -2.39. The van der Waals surface area contributed by atoms with Crippen molar-refractivity contribution in [1.82, 2.24) is 9.88 Å². The van der Waals surface area contributed by atoms with E-state index in [2.05, 4.69) is 4.98 Å². The summed E-state index contributed by atoms with van der Waals surface area (Å²) in [7, 11) is 0. The molecule has 2 aliphatic rings. The zero-order chi connectivity index (χ0) is 19.6. The molecule has 4 rings (SSSR count). The molecule has 28 heavy (non-hydrogen) atoms. The van der Waals surface area contributed by atoms with Gasteiger partial charge in [-0.05, 0) is 37.1 Å². The van der Waals surface area contributed by atoms with Crippen LogP contribution in [0.2, 0.25) is 5.02 Å². The van der Waals surface area contributed by atoms with Gasteiger partial charge in [-0.15, -0.1) is 0 Å². The molecule has 2 fully saturated rings. The van der Waals surface area contributed by atoms with E-state index in [1.54, 1.807) is 23.4 Å². The van der Waals surface area contributed by atoms with E-state index < -0.39 is 5.82 Å². The summed E-state index contributed by atoms with van der Waals surface area (Å²) >= 11 is 6.12. The molecular weight excluding hydrogens is 383 g/mol. The van der Waals surface area contributed by atoms with Crippen LogP contribution in [0.25, 0.3) is 0 Å². The molecule has 0 bridgehead atoms. The van der Waals surface area contributed by atoms with E-state index in [4.69, 9.17) is 21.1 Å². The lowest BCUT2D eigenvalue weighted by Gasteiger charge is -2.37. The molecule has 0 N–H and O–H groups in total. The highest BCUT2D eigenvalue weighted by Crippen LogP contribution is 2.45. The first kappa shape index (κ1) is 19.2. The molecule has 2 aromatic rings. The van der Waals surface area contributed by atoms with E-state index in [1.165, 1.54) is 12.1 Å². The predicted molar refractivity (Wildman–Crippen MR) is 103 cm³/mol. The van der Waals surface area contributed by atoms with Gasteiger partial charge in [-0.25, -0.2) is 4.39 Å². The summed E-state index contributed by atoms with van der Waals surface area (Å²) in [5.74, 6) is -0.0615. The van der Waals surface area contributed by atoms with Crippen LogP contribution in [0.5, 0.6) is 5.75 Å². The number of nitrogens with zero attached hydrogens (tertiary/aromatic N) is 2. The van der Waals surface area contributed by atoms with Gasteiger partial charge in [0.05, 0.1) is 17.2 Å². The Morgan fingerprint density at radius 1 is 1.29 bits per heavy atom. The molecule has 1 spiro atoms. The minimum absolute atomic E-state index is 0.0536. The quantitative estimate of drug-likeness (QED) is 0.777. The van der Waals surface area contributed by atoms with Crippen molar-refractivity contribution in [3.8, 4) is 5.75 Å². The zero-order valence-corrected chi connectivity index (χ0v) is 16.2. The Hall–Kier alpha value is -2.18. The van der Waals surface area contributed by atoms with Crippen molar-refractivity contribution in [2.75, 3.05) is 32.9 Å². The highest BCUT2D eigenvalue weighted by Gasteiger charge is 2.49. The van der Waals surface area contributed by atoms with Crippen LogP contribution in [0, 0.1) is 17.2 Å². The molecule has 2 aliphatic heterocycles. The van der Waals surface area contributed by atoms with Gasteiger partial charge in [0, 0.05) is 50.0 Å². The topological polar surface area (TPSA) is 51.7 Å². The number of ether oxygens (including phenoxy) is 2. The number of aromatic nitrogens is 1. The minimum atomic E-state index is -0.588. The Kier molecular flexibility index (Phi) is 5.51. The van der Waals surface area contributed by atoms with Crippen molar-refractivity contribution >= 4 is 17.5 Å². The summed E-state index contributed by atoms with van der Waals surface area (Å²) in [6.07, 6.45) is 5.08. The van der Waals surface area contributed by atoms with Gasteiger partial charge in [-0.2, -0.15) is 0 Å². The maximum absolute atomic E-state index is 14.3. The molecule has 0 saturated carbocycles. The van der Waals surface area contributed by atoms with Gasteiger partial charge in [0.1, 0.15) is 11.6 Å². The molecule has 2 saturated heterocycles. The number of carbonyl (C=O) groups excluding carboxylic acids is 1. The van der Waals surface area contributed by atoms with Crippen molar-refractivity contribution < 1.29 is 18.7 Å². The van der Waals surface area contributed by atoms with E-state index in [0.717, 1.165) is 18.6 Å². The van der Waals surface area contributed by atoms with Crippen LogP contribution in [0.15, 0.2) is 42.7 Å². The highest BCUT2D eigenvalue weighted by atomic mass is 35.5. The summed E-state index contributed by atoms with van der Waals surface area (Å²) in [5, 5.41) is 0.141. The molecule has 1 aromatic carbocycles. The van der Waals surface area contributed by atoms with Crippen LogP contribution >= 0.6 is 11.6 Å². The SMILES string of the molecule is O=C(c1c(F)cccc1Cl)N1C[C@H](COc2ccncc2)C2(CCOCC2)C1. The number of likely N-dealkylation sites (tertiary alicyclic amines) is 1. The second-order valence-corrected chi connectivity index (χ2v) is 7.86. The van der Waals surface area contributed by atoms with E-state index >= 15 is 0 Å².